The van der Waals surface area contributed by atoms with Gasteiger partial charge in [0.05, 0.1) is 42.8 Å². The van der Waals surface area contributed by atoms with Gasteiger partial charge in [-0.05, 0) is 107 Å². The van der Waals surface area contributed by atoms with Crippen molar-refractivity contribution in [3.8, 4) is 5.75 Å². The number of likely N-dealkylation sites (N-methyl/N-ethyl adjacent to an activating group) is 1. The van der Waals surface area contributed by atoms with Crippen LogP contribution >= 0.6 is 0 Å². The molecule has 3 aliphatic heterocycles. The molecule has 330 valence electrons. The van der Waals surface area contributed by atoms with Gasteiger partial charge in [0.2, 0.25) is 17.8 Å². The van der Waals surface area contributed by atoms with Crippen LogP contribution in [0.4, 0.5) is 33.2 Å². The lowest BCUT2D eigenvalue weighted by atomic mass is 9.78. The SMILES string of the molecule is C/C=C1\C(=O)N(C)c2cnc(Nc3ccc(C(=O)NC4(CCO)CCC(OC5CCN(c6ccc(C7CCC(=O)NC7=O)cc6F)CC5)CC4)cc3OC)nc2N1C1CCCC1. The molecule has 2 saturated carbocycles. The quantitative estimate of drug-likeness (QED) is 0.124. The van der Waals surface area contributed by atoms with Crippen LogP contribution in [0.15, 0.2) is 54.4 Å². The maximum atomic E-state index is 15.3. The van der Waals surface area contributed by atoms with Crippen molar-refractivity contribution >= 4 is 52.5 Å². The fraction of sp³-hybridized carbons (Fsp3) is 0.522. The Labute approximate surface area is 361 Å². The fourth-order valence-electron chi connectivity index (χ4n) is 9.95. The van der Waals surface area contributed by atoms with E-state index in [0.29, 0.717) is 90.2 Å². The van der Waals surface area contributed by atoms with Crippen LogP contribution in [0.1, 0.15) is 112 Å². The molecule has 4 N–H and O–H groups in total. The van der Waals surface area contributed by atoms with E-state index in [0.717, 1.165) is 51.4 Å². The molecular formula is C46H57FN8O7. The van der Waals surface area contributed by atoms with Gasteiger partial charge in [-0.1, -0.05) is 25.0 Å². The molecule has 16 heteroatoms. The molecule has 8 rings (SSSR count). The molecule has 2 aliphatic carbocycles. The Kier molecular flexibility index (Phi) is 12.8. The first-order valence-corrected chi connectivity index (χ1v) is 22.0. The molecule has 4 amide bonds. The number of halogens is 1. The van der Waals surface area contributed by atoms with Gasteiger partial charge in [0.1, 0.15) is 23.0 Å². The highest BCUT2D eigenvalue weighted by molar-refractivity contribution is 6.12. The number of methoxy groups -OCH3 is 1. The zero-order valence-corrected chi connectivity index (χ0v) is 35.8. The van der Waals surface area contributed by atoms with Gasteiger partial charge in [0.15, 0.2) is 5.82 Å². The number of carbonyl (C=O) groups excluding carboxylic acids is 4. The predicted octanol–water partition coefficient (Wildman–Crippen LogP) is 6.00. The molecular weight excluding hydrogens is 796 g/mol. The number of nitrogens with one attached hydrogen (secondary N) is 3. The van der Waals surface area contributed by atoms with Gasteiger partial charge < -0.3 is 39.9 Å². The predicted molar refractivity (Wildman–Crippen MR) is 232 cm³/mol. The number of carbonyl (C=O) groups is 4. The maximum Gasteiger partial charge on any atom is 0.274 e. The molecule has 3 aromatic rings. The lowest BCUT2D eigenvalue weighted by Gasteiger charge is -2.42. The first-order valence-electron chi connectivity index (χ1n) is 22.0. The van der Waals surface area contributed by atoms with Crippen molar-refractivity contribution in [1.82, 2.24) is 20.6 Å². The number of nitrogens with zero attached hydrogens (tertiary/aromatic N) is 5. The number of benzene rings is 2. The zero-order chi connectivity index (χ0) is 43.5. The van der Waals surface area contributed by atoms with Crippen molar-refractivity contribution in [2.75, 3.05) is 53.9 Å². The number of hydrogen-bond acceptors (Lipinski definition) is 12. The highest BCUT2D eigenvalue weighted by Gasteiger charge is 2.40. The standard InChI is InChI=1S/C46H57FN8O7/c1-4-36-44(60)53(2)38-27-48-45(51-41(38)55(36)30-7-5-6-8-30)49-35-12-9-29(26-39(35)61-3)42(58)52-46(21-24-56)19-15-31(16-20-46)62-32-17-22-54(23-18-32)37-13-10-28(25-34(37)47)33-11-14-40(57)50-43(33)59/h4,9-10,12-13,25-27,30-33,56H,5-8,11,14-24H2,1-3H3,(H,52,58)(H,48,49,51)(H,50,57,59)/b36-4+. The second kappa shape index (κ2) is 18.4. The molecule has 1 unspecified atom stereocenters. The van der Waals surface area contributed by atoms with Gasteiger partial charge in [0, 0.05) is 50.3 Å². The average Bonchev–Trinajstić information content (AvgIpc) is 3.81. The molecule has 0 bridgehead atoms. The molecule has 4 fully saturated rings. The zero-order valence-electron chi connectivity index (χ0n) is 35.8. The van der Waals surface area contributed by atoms with E-state index in [1.54, 1.807) is 48.5 Å². The minimum Gasteiger partial charge on any atom is -0.495 e. The second-order valence-corrected chi connectivity index (χ2v) is 17.2. The summed E-state index contributed by atoms with van der Waals surface area (Å²) in [6.07, 6.45) is 12.9. The van der Waals surface area contributed by atoms with E-state index in [1.807, 2.05) is 17.9 Å². The summed E-state index contributed by atoms with van der Waals surface area (Å²) in [6, 6.07) is 10.3. The van der Waals surface area contributed by atoms with E-state index in [1.165, 1.54) is 13.2 Å². The summed E-state index contributed by atoms with van der Waals surface area (Å²) < 4.78 is 27.6. The lowest BCUT2D eigenvalue weighted by Crippen LogP contribution is -2.52. The molecule has 1 aromatic heterocycles. The Morgan fingerprint density at radius 2 is 1.74 bits per heavy atom. The van der Waals surface area contributed by atoms with Gasteiger partial charge in [-0.15, -0.1) is 0 Å². The van der Waals surface area contributed by atoms with Crippen molar-refractivity contribution in [3.63, 3.8) is 0 Å². The molecule has 5 aliphatic rings. The number of imide groups is 1. The van der Waals surface area contributed by atoms with Crippen molar-refractivity contribution < 1.29 is 38.1 Å². The third-order valence-corrected chi connectivity index (χ3v) is 13.4. The Morgan fingerprint density at radius 3 is 2.42 bits per heavy atom. The summed E-state index contributed by atoms with van der Waals surface area (Å²) in [5, 5.41) is 19.0. The van der Waals surface area contributed by atoms with E-state index in [4.69, 9.17) is 14.5 Å². The third-order valence-electron chi connectivity index (χ3n) is 13.4. The number of hydrogen-bond donors (Lipinski definition) is 4. The Balaban J connectivity index is 0.861. The van der Waals surface area contributed by atoms with Crippen molar-refractivity contribution in [2.45, 2.75) is 120 Å². The van der Waals surface area contributed by atoms with Gasteiger partial charge in [-0.3, -0.25) is 24.5 Å². The van der Waals surface area contributed by atoms with Crippen LogP contribution in [0.3, 0.4) is 0 Å². The largest absolute Gasteiger partial charge is 0.495 e. The van der Waals surface area contributed by atoms with Crippen LogP contribution in [0.25, 0.3) is 0 Å². The number of fused-ring (bicyclic) bond motifs is 1. The fourth-order valence-corrected chi connectivity index (χ4v) is 9.95. The normalized spacial score (nSPS) is 24.3. The van der Waals surface area contributed by atoms with E-state index >= 15 is 4.39 Å². The molecule has 0 radical (unpaired) electrons. The minimum absolute atomic E-state index is 0.00629. The summed E-state index contributed by atoms with van der Waals surface area (Å²) in [4.78, 5) is 66.1. The van der Waals surface area contributed by atoms with Gasteiger partial charge in [-0.2, -0.15) is 4.98 Å². The highest BCUT2D eigenvalue weighted by Crippen LogP contribution is 2.42. The van der Waals surface area contributed by atoms with Crippen molar-refractivity contribution in [2.24, 2.45) is 0 Å². The number of piperidine rings is 2. The van der Waals surface area contributed by atoms with Gasteiger partial charge >= 0.3 is 0 Å². The minimum atomic E-state index is -0.598. The van der Waals surface area contributed by atoms with Gasteiger partial charge in [-0.25, -0.2) is 9.37 Å². The number of amides is 4. The number of aliphatic hydroxyl groups excluding tert-OH is 1. The van der Waals surface area contributed by atoms with Crippen LogP contribution in [-0.2, 0) is 19.1 Å². The summed E-state index contributed by atoms with van der Waals surface area (Å²) in [7, 11) is 3.27. The first kappa shape index (κ1) is 43.1. The number of aromatic nitrogens is 2. The number of ether oxygens (including phenoxy) is 2. The molecule has 2 saturated heterocycles. The summed E-state index contributed by atoms with van der Waals surface area (Å²) in [5.74, 6) is -0.512. The number of allylic oxidation sites excluding steroid dienone is 1. The number of anilines is 5. The molecule has 62 heavy (non-hydrogen) atoms. The van der Waals surface area contributed by atoms with E-state index in [2.05, 4.69) is 25.8 Å². The molecule has 4 heterocycles. The molecule has 15 nitrogen and oxygen atoms in total. The third kappa shape index (κ3) is 8.85. The first-order chi connectivity index (χ1) is 30.0. The molecule has 0 spiro atoms. The Morgan fingerprint density at radius 1 is 1.00 bits per heavy atom. The average molecular weight is 853 g/mol. The summed E-state index contributed by atoms with van der Waals surface area (Å²) >= 11 is 0. The van der Waals surface area contributed by atoms with Crippen LogP contribution in [-0.4, -0.2) is 96.3 Å². The van der Waals surface area contributed by atoms with Crippen LogP contribution < -0.4 is 35.4 Å². The van der Waals surface area contributed by atoms with Gasteiger partial charge in [0.25, 0.3) is 11.8 Å². The highest BCUT2D eigenvalue weighted by atomic mass is 19.1. The summed E-state index contributed by atoms with van der Waals surface area (Å²) in [5.41, 5.74) is 2.70. The topological polar surface area (TPSA) is 179 Å². The number of rotatable bonds is 12. The van der Waals surface area contributed by atoms with Crippen molar-refractivity contribution in [3.05, 3.63) is 71.3 Å². The number of aliphatic hydroxyl groups is 1. The Bertz CT molecular complexity index is 2210. The summed E-state index contributed by atoms with van der Waals surface area (Å²) in [6.45, 7) is 3.06. The smallest absolute Gasteiger partial charge is 0.274 e. The molecule has 2 aromatic carbocycles. The second-order valence-electron chi connectivity index (χ2n) is 17.2. The van der Waals surface area contributed by atoms with Crippen LogP contribution in [0.2, 0.25) is 0 Å². The van der Waals surface area contributed by atoms with Crippen LogP contribution in [0.5, 0.6) is 5.75 Å². The van der Waals surface area contributed by atoms with Crippen LogP contribution in [0, 0.1) is 5.82 Å². The lowest BCUT2D eigenvalue weighted by molar-refractivity contribution is -0.134. The Hall–Kier alpha value is -5.61. The maximum absolute atomic E-state index is 15.3. The monoisotopic (exact) mass is 852 g/mol. The van der Waals surface area contributed by atoms with E-state index in [9.17, 15) is 24.3 Å². The van der Waals surface area contributed by atoms with E-state index < -0.39 is 11.5 Å². The molecule has 1 atom stereocenters. The van der Waals surface area contributed by atoms with Crippen molar-refractivity contribution in [1.29, 1.82) is 0 Å². The van der Waals surface area contributed by atoms with E-state index in [-0.39, 0.29) is 60.7 Å².